The molecule has 2 amide bonds. The third-order valence-corrected chi connectivity index (χ3v) is 8.98. The van der Waals surface area contributed by atoms with Gasteiger partial charge in [0.15, 0.2) is 0 Å². The largest absolute Gasteiger partial charge is 0.455 e. The summed E-state index contributed by atoms with van der Waals surface area (Å²) in [6.07, 6.45) is 11.0. The van der Waals surface area contributed by atoms with E-state index in [1.54, 1.807) is 41.3 Å². The molecule has 2 N–H and O–H groups in total. The summed E-state index contributed by atoms with van der Waals surface area (Å²) in [7, 11) is 0. The van der Waals surface area contributed by atoms with Gasteiger partial charge in [0.25, 0.3) is 0 Å². The van der Waals surface area contributed by atoms with Gasteiger partial charge in [0, 0.05) is 39.8 Å². The topological polar surface area (TPSA) is 135 Å². The Morgan fingerprint density at radius 3 is 2.59 bits per heavy atom. The molecule has 3 heterocycles. The number of ether oxygens (including phenoxy) is 1. The number of anilines is 1. The molecule has 0 unspecified atom stereocenters. The number of fused-ring (bicyclic) bond motifs is 1. The van der Waals surface area contributed by atoms with Crippen LogP contribution in [0, 0.1) is 11.8 Å². The number of H-pyrrole nitrogens is 1. The molecule has 0 radical (unpaired) electrons. The van der Waals surface area contributed by atoms with E-state index in [1.165, 1.54) is 23.5 Å². The quantitative estimate of drug-likeness (QED) is 0.181. The zero-order valence-electron chi connectivity index (χ0n) is 26.2. The summed E-state index contributed by atoms with van der Waals surface area (Å²) in [6, 6.07) is 11.8. The maximum atomic E-state index is 14.1. The molecule has 4 aromatic rings. The van der Waals surface area contributed by atoms with Gasteiger partial charge in [0.05, 0.1) is 5.69 Å². The van der Waals surface area contributed by atoms with E-state index in [-0.39, 0.29) is 17.7 Å². The van der Waals surface area contributed by atoms with Crippen LogP contribution < -0.4 is 5.32 Å². The summed E-state index contributed by atoms with van der Waals surface area (Å²) in [5.41, 5.74) is 2.41. The monoisotopic (exact) mass is 643 g/mol. The van der Waals surface area contributed by atoms with Crippen LogP contribution in [0.25, 0.3) is 22.7 Å². The van der Waals surface area contributed by atoms with Crippen molar-refractivity contribution in [1.82, 2.24) is 30.1 Å². The van der Waals surface area contributed by atoms with Crippen LogP contribution >= 0.6 is 11.6 Å². The van der Waals surface area contributed by atoms with Gasteiger partial charge in [0.2, 0.25) is 11.8 Å². The van der Waals surface area contributed by atoms with Crippen molar-refractivity contribution in [3.8, 4) is 5.69 Å². The second-order valence-corrected chi connectivity index (χ2v) is 13.5. The van der Waals surface area contributed by atoms with Gasteiger partial charge >= 0.3 is 5.97 Å². The zero-order valence-corrected chi connectivity index (χ0v) is 27.0. The van der Waals surface area contributed by atoms with Crippen molar-refractivity contribution in [2.24, 2.45) is 11.8 Å². The molecule has 46 heavy (non-hydrogen) atoms. The first kappa shape index (κ1) is 31.5. The lowest BCUT2D eigenvalue weighted by Gasteiger charge is -2.33. The van der Waals surface area contributed by atoms with Crippen LogP contribution in [0.2, 0.25) is 5.02 Å². The van der Waals surface area contributed by atoms with Crippen molar-refractivity contribution in [3.63, 3.8) is 0 Å². The molecular formula is C34H38ClN7O4. The third-order valence-electron chi connectivity index (χ3n) is 8.75. The lowest BCUT2D eigenvalue weighted by Crippen LogP contribution is -2.47. The van der Waals surface area contributed by atoms with Crippen LogP contribution in [0.4, 0.5) is 5.69 Å². The Morgan fingerprint density at radius 2 is 1.85 bits per heavy atom. The number of likely N-dealkylation sites (tertiary alicyclic amines) is 1. The number of rotatable bonds is 7. The Morgan fingerprint density at radius 1 is 1.04 bits per heavy atom. The maximum Gasteiger partial charge on any atom is 0.355 e. The summed E-state index contributed by atoms with van der Waals surface area (Å²) in [6.45, 7) is 5.95. The van der Waals surface area contributed by atoms with Crippen molar-refractivity contribution in [3.05, 3.63) is 71.1 Å². The second-order valence-electron chi connectivity index (χ2n) is 13.1. The number of carbonyl (C=O) groups excluding carboxylic acids is 3. The number of carbonyl (C=O) groups is 3. The Labute approximate surface area is 272 Å². The number of halogens is 1. The number of aromatic amines is 1. The number of aromatic nitrogens is 5. The highest BCUT2D eigenvalue weighted by atomic mass is 35.5. The van der Waals surface area contributed by atoms with Gasteiger partial charge in [-0.2, -0.15) is 4.68 Å². The molecule has 240 valence electrons. The van der Waals surface area contributed by atoms with Crippen LogP contribution in [0.1, 0.15) is 75.3 Å². The summed E-state index contributed by atoms with van der Waals surface area (Å²) in [5.74, 6) is -0.455. The van der Waals surface area contributed by atoms with E-state index in [9.17, 15) is 14.4 Å². The molecular weight excluding hydrogens is 606 g/mol. The van der Waals surface area contributed by atoms with E-state index >= 15 is 0 Å². The number of nitrogens with zero attached hydrogens (tertiary/aromatic N) is 5. The van der Waals surface area contributed by atoms with Crippen LogP contribution in [0.15, 0.2) is 54.9 Å². The molecule has 2 aliphatic rings. The number of hydrogen-bond acceptors (Lipinski definition) is 7. The predicted molar refractivity (Wildman–Crippen MR) is 175 cm³/mol. The van der Waals surface area contributed by atoms with E-state index in [1.807, 2.05) is 32.9 Å². The molecule has 0 spiro atoms. The normalized spacial score (nSPS) is 19.2. The predicted octanol–water partition coefficient (Wildman–Crippen LogP) is 6.20. The lowest BCUT2D eigenvalue weighted by molar-refractivity contribution is -0.134. The number of esters is 1. The minimum atomic E-state index is -0.618. The van der Waals surface area contributed by atoms with Crippen LogP contribution in [0.5, 0.6) is 0 Å². The van der Waals surface area contributed by atoms with E-state index < -0.39 is 17.6 Å². The first-order chi connectivity index (χ1) is 22.1. The number of amides is 2. The first-order valence-electron chi connectivity index (χ1n) is 15.7. The van der Waals surface area contributed by atoms with E-state index in [2.05, 4.69) is 25.8 Å². The van der Waals surface area contributed by atoms with Crippen molar-refractivity contribution >= 4 is 52.1 Å². The molecule has 12 heteroatoms. The smallest absolute Gasteiger partial charge is 0.355 e. The fourth-order valence-electron chi connectivity index (χ4n) is 6.72. The van der Waals surface area contributed by atoms with Crippen molar-refractivity contribution in [2.45, 2.75) is 70.9 Å². The average molecular weight is 644 g/mol. The van der Waals surface area contributed by atoms with Crippen molar-refractivity contribution < 1.29 is 19.1 Å². The highest BCUT2D eigenvalue weighted by molar-refractivity contribution is 6.30. The minimum absolute atomic E-state index is 0.0652. The van der Waals surface area contributed by atoms with Gasteiger partial charge in [-0.3, -0.25) is 9.59 Å². The molecule has 6 rings (SSSR count). The van der Waals surface area contributed by atoms with Crippen LogP contribution in [-0.2, 0) is 14.3 Å². The average Bonchev–Trinajstić information content (AvgIpc) is 3.79. The SMILES string of the molecule is CC(C)(C)OC(=O)c1cc2cc(NC(=O)[C@@H]3[C@H](C4CCCCC4)CCN3C(=O)/C=C/c3cc(Cl)ccc3-n3cnnn3)ccc2[nH]1. The standard InChI is InChI=1S/C34H38ClN7O4/c1-34(2,3)46-33(45)28-19-23-18-25(11-12-27(23)38-28)37-32(44)31-26(21-7-5-4-6-8-21)15-16-41(31)30(43)14-9-22-17-24(35)10-13-29(22)42-20-36-39-40-42/h9-14,17-21,26,31,38H,4-8,15-16H2,1-3H3,(H,37,44)/b14-9+/t26-,31-/m0/s1. The number of hydrogen-bond donors (Lipinski definition) is 2. The molecule has 2 fully saturated rings. The Kier molecular flexibility index (Phi) is 8.95. The third kappa shape index (κ3) is 6.99. The Balaban J connectivity index is 1.24. The van der Waals surface area contributed by atoms with Gasteiger partial charge in [-0.1, -0.05) is 43.7 Å². The highest BCUT2D eigenvalue weighted by Crippen LogP contribution is 2.39. The fraction of sp³-hybridized carbons (Fsp3) is 0.412. The second kappa shape index (κ2) is 13.1. The van der Waals surface area contributed by atoms with Crippen LogP contribution in [-0.4, -0.2) is 66.1 Å². The summed E-state index contributed by atoms with van der Waals surface area (Å²) >= 11 is 6.28. The van der Waals surface area contributed by atoms with E-state index in [0.717, 1.165) is 43.0 Å². The molecule has 0 bridgehead atoms. The molecule has 1 saturated carbocycles. The van der Waals surface area contributed by atoms with Gasteiger partial charge < -0.3 is 19.9 Å². The van der Waals surface area contributed by atoms with E-state index in [0.29, 0.717) is 40.1 Å². The van der Waals surface area contributed by atoms with Gasteiger partial charge in [-0.25, -0.2) is 4.79 Å². The van der Waals surface area contributed by atoms with Crippen molar-refractivity contribution in [2.75, 3.05) is 11.9 Å². The van der Waals surface area contributed by atoms with Crippen molar-refractivity contribution in [1.29, 1.82) is 0 Å². The molecule has 2 aromatic carbocycles. The number of nitrogens with one attached hydrogen (secondary N) is 2. The summed E-state index contributed by atoms with van der Waals surface area (Å²) in [4.78, 5) is 45.2. The molecule has 1 saturated heterocycles. The molecule has 11 nitrogen and oxygen atoms in total. The van der Waals surface area contributed by atoms with Gasteiger partial charge in [-0.05, 0) is 98.0 Å². The van der Waals surface area contributed by atoms with Crippen LogP contribution in [0.3, 0.4) is 0 Å². The first-order valence-corrected chi connectivity index (χ1v) is 16.1. The Bertz CT molecular complexity index is 1770. The molecule has 2 atom stereocenters. The van der Waals surface area contributed by atoms with Gasteiger partial charge in [-0.15, -0.1) is 5.10 Å². The molecule has 1 aliphatic heterocycles. The summed E-state index contributed by atoms with van der Waals surface area (Å²) < 4.78 is 7.00. The maximum absolute atomic E-state index is 14.1. The fourth-order valence-corrected chi connectivity index (χ4v) is 6.90. The highest BCUT2D eigenvalue weighted by Gasteiger charge is 2.44. The molecule has 2 aromatic heterocycles. The summed E-state index contributed by atoms with van der Waals surface area (Å²) in [5, 5.41) is 15.7. The van der Waals surface area contributed by atoms with E-state index in [4.69, 9.17) is 16.3 Å². The zero-order chi connectivity index (χ0) is 32.4. The number of benzene rings is 2. The lowest BCUT2D eigenvalue weighted by atomic mass is 9.76. The van der Waals surface area contributed by atoms with Gasteiger partial charge in [0.1, 0.15) is 23.7 Å². The molecule has 1 aliphatic carbocycles. The Hall–Kier alpha value is -4.51. The number of tetrazole rings is 1. The minimum Gasteiger partial charge on any atom is -0.455 e.